The number of nitrogens with one attached hydrogen (secondary N) is 2. The Hall–Kier alpha value is -0.220. The van der Waals surface area contributed by atoms with E-state index in [4.69, 9.17) is 0 Å². The Kier molecular flexibility index (Phi) is 4.26. The third-order valence-corrected chi connectivity index (χ3v) is 3.90. The van der Waals surface area contributed by atoms with Crippen LogP contribution in [0.5, 0.6) is 0 Å². The molecule has 0 aromatic heterocycles. The van der Waals surface area contributed by atoms with E-state index in [1.165, 1.54) is 12.2 Å². The first-order valence-electron chi connectivity index (χ1n) is 5.14. The predicted molar refractivity (Wildman–Crippen MR) is 61.6 cm³/mol. The van der Waals surface area contributed by atoms with E-state index < -0.39 is 5.54 Å². The molecule has 0 spiro atoms. The highest BCUT2D eigenvalue weighted by Gasteiger charge is 2.27. The fraction of sp³-hybridized carbons (Fsp3) is 0.900. The molecule has 82 valence electrons. The van der Waals surface area contributed by atoms with E-state index in [-0.39, 0.29) is 5.91 Å². The maximum absolute atomic E-state index is 11.8. The molecular formula is C10H20N2OS. The van der Waals surface area contributed by atoms with Gasteiger partial charge in [-0.3, -0.25) is 4.79 Å². The SMILES string of the molecule is CNC(C)(C)C(=O)NC1CCCSC1. The van der Waals surface area contributed by atoms with Gasteiger partial charge >= 0.3 is 0 Å². The number of hydrogen-bond donors (Lipinski definition) is 2. The summed E-state index contributed by atoms with van der Waals surface area (Å²) >= 11 is 1.93. The zero-order chi connectivity index (χ0) is 10.6. The van der Waals surface area contributed by atoms with Crippen LogP contribution in [0.4, 0.5) is 0 Å². The van der Waals surface area contributed by atoms with Gasteiger partial charge in [-0.1, -0.05) is 0 Å². The minimum Gasteiger partial charge on any atom is -0.351 e. The van der Waals surface area contributed by atoms with E-state index in [0.29, 0.717) is 6.04 Å². The minimum atomic E-state index is -0.456. The Bertz CT molecular complexity index is 200. The van der Waals surface area contributed by atoms with Crippen LogP contribution in [-0.2, 0) is 4.79 Å². The molecule has 14 heavy (non-hydrogen) atoms. The van der Waals surface area contributed by atoms with Gasteiger partial charge in [-0.25, -0.2) is 0 Å². The lowest BCUT2D eigenvalue weighted by Crippen LogP contribution is -2.54. The standard InChI is InChI=1S/C10H20N2OS/c1-10(2,11-3)9(13)12-8-5-4-6-14-7-8/h8,11H,4-7H2,1-3H3,(H,12,13). The molecule has 0 aromatic rings. The van der Waals surface area contributed by atoms with Crippen LogP contribution in [0.15, 0.2) is 0 Å². The molecule has 1 unspecified atom stereocenters. The second-order valence-corrected chi connectivity index (χ2v) is 5.41. The van der Waals surface area contributed by atoms with Crippen molar-refractivity contribution >= 4 is 17.7 Å². The van der Waals surface area contributed by atoms with E-state index in [9.17, 15) is 4.79 Å². The summed E-state index contributed by atoms with van der Waals surface area (Å²) in [6.45, 7) is 3.80. The third kappa shape index (κ3) is 3.17. The number of rotatable bonds is 3. The monoisotopic (exact) mass is 216 g/mol. The molecular weight excluding hydrogens is 196 g/mol. The average molecular weight is 216 g/mol. The first-order valence-corrected chi connectivity index (χ1v) is 6.29. The summed E-state index contributed by atoms with van der Waals surface area (Å²) in [4.78, 5) is 11.8. The summed E-state index contributed by atoms with van der Waals surface area (Å²) in [5.74, 6) is 2.40. The molecule has 0 aliphatic carbocycles. The van der Waals surface area contributed by atoms with Gasteiger partial charge in [0.15, 0.2) is 0 Å². The molecule has 1 atom stereocenters. The molecule has 0 bridgehead atoms. The van der Waals surface area contributed by atoms with Gasteiger partial charge in [0.2, 0.25) is 5.91 Å². The second-order valence-electron chi connectivity index (χ2n) is 4.26. The topological polar surface area (TPSA) is 41.1 Å². The van der Waals surface area contributed by atoms with Crippen LogP contribution >= 0.6 is 11.8 Å². The lowest BCUT2D eigenvalue weighted by atomic mass is 10.0. The van der Waals surface area contributed by atoms with Gasteiger partial charge in [0.25, 0.3) is 0 Å². The van der Waals surface area contributed by atoms with Crippen LogP contribution in [0.1, 0.15) is 26.7 Å². The van der Waals surface area contributed by atoms with Gasteiger partial charge in [-0.2, -0.15) is 11.8 Å². The maximum atomic E-state index is 11.8. The molecule has 0 saturated carbocycles. The van der Waals surface area contributed by atoms with Crippen LogP contribution in [0.2, 0.25) is 0 Å². The normalized spacial score (nSPS) is 23.2. The van der Waals surface area contributed by atoms with Crippen molar-refractivity contribution in [2.75, 3.05) is 18.6 Å². The Labute approximate surface area is 90.4 Å². The largest absolute Gasteiger partial charge is 0.351 e. The molecule has 2 N–H and O–H groups in total. The summed E-state index contributed by atoms with van der Waals surface area (Å²) in [6.07, 6.45) is 2.34. The number of hydrogen-bond acceptors (Lipinski definition) is 3. The van der Waals surface area contributed by atoms with E-state index in [1.54, 1.807) is 0 Å². The minimum absolute atomic E-state index is 0.104. The van der Waals surface area contributed by atoms with Crippen molar-refractivity contribution < 1.29 is 4.79 Å². The number of carbonyl (C=O) groups is 1. The molecule has 3 nitrogen and oxygen atoms in total. The van der Waals surface area contributed by atoms with Crippen LogP contribution in [0, 0.1) is 0 Å². The van der Waals surface area contributed by atoms with Crippen LogP contribution in [-0.4, -0.2) is 36.0 Å². The molecule has 1 heterocycles. The Balaban J connectivity index is 2.39. The average Bonchev–Trinajstić information content (AvgIpc) is 2.19. The van der Waals surface area contributed by atoms with Gasteiger partial charge in [0.05, 0.1) is 5.54 Å². The molecule has 0 aromatic carbocycles. The molecule has 1 aliphatic heterocycles. The highest BCUT2D eigenvalue weighted by atomic mass is 32.2. The quantitative estimate of drug-likeness (QED) is 0.739. The highest BCUT2D eigenvalue weighted by Crippen LogP contribution is 2.17. The fourth-order valence-corrected chi connectivity index (χ4v) is 2.41. The van der Waals surface area contributed by atoms with Gasteiger partial charge in [-0.05, 0) is 39.5 Å². The second kappa shape index (κ2) is 5.03. The summed E-state index contributed by atoms with van der Waals surface area (Å²) < 4.78 is 0. The maximum Gasteiger partial charge on any atom is 0.239 e. The summed E-state index contributed by atoms with van der Waals surface area (Å²) in [6, 6.07) is 0.369. The number of amides is 1. The van der Waals surface area contributed by atoms with Crippen molar-refractivity contribution in [1.82, 2.24) is 10.6 Å². The Morgan fingerprint density at radius 2 is 2.21 bits per heavy atom. The van der Waals surface area contributed by atoms with Gasteiger partial charge < -0.3 is 10.6 Å². The number of carbonyl (C=O) groups excluding carboxylic acids is 1. The lowest BCUT2D eigenvalue weighted by Gasteiger charge is -2.28. The fourth-order valence-electron chi connectivity index (χ4n) is 1.33. The highest BCUT2D eigenvalue weighted by molar-refractivity contribution is 7.99. The molecule has 1 saturated heterocycles. The summed E-state index contributed by atoms with van der Waals surface area (Å²) in [5.41, 5.74) is -0.456. The summed E-state index contributed by atoms with van der Waals surface area (Å²) in [7, 11) is 1.81. The van der Waals surface area contributed by atoms with Crippen LogP contribution in [0.3, 0.4) is 0 Å². The van der Waals surface area contributed by atoms with Crippen molar-refractivity contribution in [2.45, 2.75) is 38.3 Å². The van der Waals surface area contributed by atoms with E-state index in [2.05, 4.69) is 10.6 Å². The zero-order valence-corrected chi connectivity index (χ0v) is 10.0. The molecule has 0 radical (unpaired) electrons. The van der Waals surface area contributed by atoms with Gasteiger partial charge in [0.1, 0.15) is 0 Å². The van der Waals surface area contributed by atoms with Crippen molar-refractivity contribution in [2.24, 2.45) is 0 Å². The van der Waals surface area contributed by atoms with Crippen LogP contribution in [0.25, 0.3) is 0 Å². The predicted octanol–water partition coefficient (Wildman–Crippen LogP) is 0.996. The van der Waals surface area contributed by atoms with Crippen molar-refractivity contribution in [3.05, 3.63) is 0 Å². The van der Waals surface area contributed by atoms with Crippen LogP contribution < -0.4 is 10.6 Å². The molecule has 1 amide bonds. The Morgan fingerprint density at radius 3 is 2.71 bits per heavy atom. The van der Waals surface area contributed by atoms with Gasteiger partial charge in [-0.15, -0.1) is 0 Å². The summed E-state index contributed by atoms with van der Waals surface area (Å²) in [5, 5.41) is 6.10. The molecule has 4 heteroatoms. The lowest BCUT2D eigenvalue weighted by molar-refractivity contribution is -0.126. The molecule has 1 rings (SSSR count). The van der Waals surface area contributed by atoms with Crippen molar-refractivity contribution in [3.8, 4) is 0 Å². The smallest absolute Gasteiger partial charge is 0.239 e. The van der Waals surface area contributed by atoms with Crippen molar-refractivity contribution in [1.29, 1.82) is 0 Å². The third-order valence-electron chi connectivity index (χ3n) is 2.69. The van der Waals surface area contributed by atoms with Gasteiger partial charge in [0, 0.05) is 11.8 Å². The van der Waals surface area contributed by atoms with Crippen molar-refractivity contribution in [3.63, 3.8) is 0 Å². The number of likely N-dealkylation sites (N-methyl/N-ethyl adjacent to an activating group) is 1. The molecule has 1 fully saturated rings. The first kappa shape index (κ1) is 11.9. The molecule has 1 aliphatic rings. The number of thioether (sulfide) groups is 1. The Morgan fingerprint density at radius 1 is 1.50 bits per heavy atom. The zero-order valence-electron chi connectivity index (χ0n) is 9.22. The van der Waals surface area contributed by atoms with E-state index >= 15 is 0 Å². The van der Waals surface area contributed by atoms with E-state index in [0.717, 1.165) is 12.2 Å². The van der Waals surface area contributed by atoms with E-state index in [1.807, 2.05) is 32.7 Å². The first-order chi connectivity index (χ1) is 6.56.